The van der Waals surface area contributed by atoms with E-state index in [2.05, 4.69) is 10.3 Å². The Morgan fingerprint density at radius 1 is 1.35 bits per heavy atom. The standard InChI is InChI=1S/C15H19N3OS/c1-11(2)10-14(19)17-12-4-6-13(7-5-12)20-15-16-8-9-18(15)3/h4-9,11H,10H2,1-3H3,(H,17,19). The van der Waals surface area contributed by atoms with Crippen molar-refractivity contribution in [1.29, 1.82) is 0 Å². The molecule has 0 unspecified atom stereocenters. The number of hydrogen-bond donors (Lipinski definition) is 1. The SMILES string of the molecule is CC(C)CC(=O)Nc1ccc(Sc2nccn2C)cc1. The van der Waals surface area contributed by atoms with Gasteiger partial charge in [0.2, 0.25) is 5.91 Å². The van der Waals surface area contributed by atoms with Gasteiger partial charge in [-0.1, -0.05) is 25.6 Å². The van der Waals surface area contributed by atoms with Gasteiger partial charge in [0.05, 0.1) is 0 Å². The third-order valence-electron chi connectivity index (χ3n) is 2.72. The summed E-state index contributed by atoms with van der Waals surface area (Å²) in [5.41, 5.74) is 0.833. The van der Waals surface area contributed by atoms with Crippen molar-refractivity contribution in [2.24, 2.45) is 13.0 Å². The number of anilines is 1. The molecular weight excluding hydrogens is 270 g/mol. The van der Waals surface area contributed by atoms with Gasteiger partial charge in [0, 0.05) is 36.4 Å². The lowest BCUT2D eigenvalue weighted by molar-refractivity contribution is -0.116. The molecule has 1 heterocycles. The second kappa shape index (κ2) is 6.61. The number of aromatic nitrogens is 2. The van der Waals surface area contributed by atoms with Crippen LogP contribution in [0.4, 0.5) is 5.69 Å². The zero-order chi connectivity index (χ0) is 14.5. The van der Waals surface area contributed by atoms with Crippen LogP contribution in [0.2, 0.25) is 0 Å². The largest absolute Gasteiger partial charge is 0.329 e. The maximum atomic E-state index is 11.7. The molecule has 1 aromatic heterocycles. The van der Waals surface area contributed by atoms with Crippen LogP contribution in [0.1, 0.15) is 20.3 Å². The highest BCUT2D eigenvalue weighted by atomic mass is 32.2. The molecule has 0 radical (unpaired) electrons. The third kappa shape index (κ3) is 4.13. The smallest absolute Gasteiger partial charge is 0.224 e. The highest BCUT2D eigenvalue weighted by molar-refractivity contribution is 7.99. The first-order valence-corrected chi connectivity index (χ1v) is 7.41. The fraction of sp³-hybridized carbons (Fsp3) is 0.333. The van der Waals surface area contributed by atoms with Crippen molar-refractivity contribution in [3.05, 3.63) is 36.7 Å². The van der Waals surface area contributed by atoms with Gasteiger partial charge in [-0.25, -0.2) is 4.98 Å². The van der Waals surface area contributed by atoms with Crippen molar-refractivity contribution in [2.45, 2.75) is 30.3 Å². The molecule has 0 aliphatic heterocycles. The van der Waals surface area contributed by atoms with Crippen molar-refractivity contribution < 1.29 is 4.79 Å². The van der Waals surface area contributed by atoms with E-state index in [0.717, 1.165) is 15.7 Å². The Balaban J connectivity index is 1.96. The molecule has 20 heavy (non-hydrogen) atoms. The summed E-state index contributed by atoms with van der Waals surface area (Å²) in [5, 5.41) is 3.85. The van der Waals surface area contributed by atoms with E-state index in [4.69, 9.17) is 0 Å². The average Bonchev–Trinajstić information content (AvgIpc) is 2.76. The minimum atomic E-state index is 0.0597. The van der Waals surface area contributed by atoms with Gasteiger partial charge in [-0.05, 0) is 30.2 Å². The van der Waals surface area contributed by atoms with Crippen LogP contribution in [0.3, 0.4) is 0 Å². The van der Waals surface area contributed by atoms with E-state index in [1.54, 1.807) is 18.0 Å². The molecule has 0 bridgehead atoms. The lowest BCUT2D eigenvalue weighted by atomic mass is 10.1. The molecule has 0 fully saturated rings. The Hall–Kier alpha value is -1.75. The fourth-order valence-corrected chi connectivity index (χ4v) is 2.55. The van der Waals surface area contributed by atoms with Crippen LogP contribution in [0.5, 0.6) is 0 Å². The van der Waals surface area contributed by atoms with Crippen LogP contribution in [-0.4, -0.2) is 15.5 Å². The molecule has 1 amide bonds. The zero-order valence-corrected chi connectivity index (χ0v) is 12.8. The van der Waals surface area contributed by atoms with Gasteiger partial charge in [0.1, 0.15) is 0 Å². The van der Waals surface area contributed by atoms with Crippen LogP contribution < -0.4 is 5.32 Å². The highest BCUT2D eigenvalue weighted by Gasteiger charge is 2.06. The molecule has 0 aliphatic rings. The van der Waals surface area contributed by atoms with Crippen molar-refractivity contribution in [2.75, 3.05) is 5.32 Å². The molecule has 0 saturated heterocycles. The van der Waals surface area contributed by atoms with E-state index < -0.39 is 0 Å². The Bertz CT molecular complexity index is 575. The summed E-state index contributed by atoms with van der Waals surface area (Å²) in [6.07, 6.45) is 4.25. The van der Waals surface area contributed by atoms with Crippen molar-refractivity contribution in [1.82, 2.24) is 9.55 Å². The topological polar surface area (TPSA) is 46.9 Å². The molecule has 5 heteroatoms. The van der Waals surface area contributed by atoms with Gasteiger partial charge in [-0.15, -0.1) is 0 Å². The normalized spacial score (nSPS) is 10.8. The van der Waals surface area contributed by atoms with Crippen LogP contribution >= 0.6 is 11.8 Å². The number of imidazole rings is 1. The molecule has 2 rings (SSSR count). The summed E-state index contributed by atoms with van der Waals surface area (Å²) in [6, 6.07) is 7.82. The zero-order valence-electron chi connectivity index (χ0n) is 12.0. The van der Waals surface area contributed by atoms with Crippen molar-refractivity contribution in [3.8, 4) is 0 Å². The molecule has 2 aromatic rings. The first-order valence-electron chi connectivity index (χ1n) is 6.59. The van der Waals surface area contributed by atoms with Gasteiger partial charge < -0.3 is 9.88 Å². The van der Waals surface area contributed by atoms with Gasteiger partial charge in [-0.3, -0.25) is 4.79 Å². The predicted molar refractivity (Wildman–Crippen MR) is 81.9 cm³/mol. The number of carbonyl (C=O) groups excluding carboxylic acids is 1. The van der Waals surface area contributed by atoms with Gasteiger partial charge in [-0.2, -0.15) is 0 Å². The minimum absolute atomic E-state index is 0.0597. The molecule has 0 aliphatic carbocycles. The van der Waals surface area contributed by atoms with Crippen LogP contribution in [0, 0.1) is 5.92 Å². The second-order valence-corrected chi connectivity index (χ2v) is 6.13. The molecule has 0 spiro atoms. The maximum absolute atomic E-state index is 11.7. The van der Waals surface area contributed by atoms with Gasteiger partial charge >= 0.3 is 0 Å². The molecule has 4 nitrogen and oxygen atoms in total. The lowest BCUT2D eigenvalue weighted by Crippen LogP contribution is -2.13. The number of benzene rings is 1. The molecule has 0 saturated carbocycles. The van der Waals surface area contributed by atoms with Crippen LogP contribution in [0.25, 0.3) is 0 Å². The van der Waals surface area contributed by atoms with Crippen molar-refractivity contribution in [3.63, 3.8) is 0 Å². The fourth-order valence-electron chi connectivity index (χ4n) is 1.74. The van der Waals surface area contributed by atoms with E-state index in [-0.39, 0.29) is 5.91 Å². The number of aryl methyl sites for hydroxylation is 1. The van der Waals surface area contributed by atoms with Gasteiger partial charge in [0.25, 0.3) is 0 Å². The van der Waals surface area contributed by atoms with Crippen LogP contribution in [0.15, 0.2) is 46.7 Å². The summed E-state index contributed by atoms with van der Waals surface area (Å²) in [6.45, 7) is 4.07. The Labute approximate surface area is 123 Å². The summed E-state index contributed by atoms with van der Waals surface area (Å²) in [7, 11) is 1.97. The van der Waals surface area contributed by atoms with E-state index in [9.17, 15) is 4.79 Å². The molecule has 1 aromatic carbocycles. The van der Waals surface area contributed by atoms with E-state index in [0.29, 0.717) is 12.3 Å². The average molecular weight is 289 g/mol. The number of carbonyl (C=O) groups is 1. The van der Waals surface area contributed by atoms with E-state index >= 15 is 0 Å². The number of rotatable bonds is 5. The summed E-state index contributed by atoms with van der Waals surface area (Å²) in [4.78, 5) is 17.0. The van der Waals surface area contributed by atoms with E-state index in [1.165, 1.54) is 0 Å². The summed E-state index contributed by atoms with van der Waals surface area (Å²) >= 11 is 1.60. The van der Waals surface area contributed by atoms with E-state index in [1.807, 2.05) is 55.9 Å². The van der Waals surface area contributed by atoms with Gasteiger partial charge in [0.15, 0.2) is 5.16 Å². The minimum Gasteiger partial charge on any atom is -0.329 e. The van der Waals surface area contributed by atoms with Crippen LogP contribution in [-0.2, 0) is 11.8 Å². The Morgan fingerprint density at radius 2 is 2.05 bits per heavy atom. The second-order valence-electron chi connectivity index (χ2n) is 5.09. The molecular formula is C15H19N3OS. The molecule has 1 N–H and O–H groups in total. The highest BCUT2D eigenvalue weighted by Crippen LogP contribution is 2.26. The first-order chi connectivity index (χ1) is 9.54. The maximum Gasteiger partial charge on any atom is 0.224 e. The monoisotopic (exact) mass is 289 g/mol. The summed E-state index contributed by atoms with van der Waals surface area (Å²) < 4.78 is 1.98. The Morgan fingerprint density at radius 3 is 2.60 bits per heavy atom. The summed E-state index contributed by atoms with van der Waals surface area (Å²) in [5.74, 6) is 0.428. The first kappa shape index (κ1) is 14.7. The number of hydrogen-bond acceptors (Lipinski definition) is 3. The molecule has 0 atom stereocenters. The number of nitrogens with one attached hydrogen (secondary N) is 1. The lowest BCUT2D eigenvalue weighted by Gasteiger charge is -2.08. The number of nitrogens with zero attached hydrogens (tertiary/aromatic N) is 2. The van der Waals surface area contributed by atoms with Crippen molar-refractivity contribution >= 4 is 23.4 Å². The Kier molecular flexibility index (Phi) is 4.84. The predicted octanol–water partition coefficient (Wildman–Crippen LogP) is 3.56. The number of amides is 1. The molecule has 106 valence electrons. The quantitative estimate of drug-likeness (QED) is 0.915. The third-order valence-corrected chi connectivity index (χ3v) is 3.80.